The standard InChI is InChI=1S/C46H59F3N8O7S/c1-28-24-34(9-10-36(28)52-43-50-26-35(46(47,48)49)41(54-43)31-14-18-45(2,61)19-15-31)65(62,63)51-20-23-64-33-7-4-29(5-8-33)27-56-21-16-30(17-22-56)32-6-11-37-39(25-32)55(3)44(60)57(37)38-12-13-40(58)53-42(38)59/h6,9-11,24-26,29-31,33,38,51,61H,4-5,7-8,12-23,27H2,1-3H3,(H,50,52,54)(H,53,58,59). The SMILES string of the molecule is Cc1cc(S(=O)(=O)NCCOC2CCC(CN3CCC(c4ccc5c(c4)n(C)c(=O)n5C4CCC(=O)NC4=O)CC3)CC2)ccc1Nc1ncc(C(F)(F)F)c(C2CCC(C)(O)CC2)n1. The third kappa shape index (κ3) is 10.6. The summed E-state index contributed by atoms with van der Waals surface area (Å²) in [6.45, 7) is 6.70. The van der Waals surface area contributed by atoms with Gasteiger partial charge in [-0.3, -0.25) is 24.0 Å². The van der Waals surface area contributed by atoms with Crippen LogP contribution in [0.15, 0.2) is 52.3 Å². The molecule has 19 heteroatoms. The lowest BCUT2D eigenvalue weighted by Crippen LogP contribution is -2.44. The van der Waals surface area contributed by atoms with Gasteiger partial charge in [0.25, 0.3) is 0 Å². The number of amides is 2. The highest BCUT2D eigenvalue weighted by Gasteiger charge is 2.40. The highest BCUT2D eigenvalue weighted by Crippen LogP contribution is 2.42. The first-order valence-corrected chi connectivity index (χ1v) is 24.3. The van der Waals surface area contributed by atoms with Crippen LogP contribution in [0, 0.1) is 12.8 Å². The fourth-order valence-corrected chi connectivity index (χ4v) is 11.3. The maximum absolute atomic E-state index is 13.9. The Kier molecular flexibility index (Phi) is 13.6. The fourth-order valence-electron chi connectivity index (χ4n) is 10.2. The molecular weight excluding hydrogens is 866 g/mol. The highest BCUT2D eigenvalue weighted by molar-refractivity contribution is 7.89. The van der Waals surface area contributed by atoms with Gasteiger partial charge >= 0.3 is 11.9 Å². The van der Waals surface area contributed by atoms with Gasteiger partial charge < -0.3 is 20.1 Å². The number of aliphatic hydroxyl groups is 1. The quantitative estimate of drug-likeness (QED) is 0.0868. The zero-order valence-corrected chi connectivity index (χ0v) is 37.9. The predicted octanol–water partition coefficient (Wildman–Crippen LogP) is 6.32. The van der Waals surface area contributed by atoms with Crippen molar-refractivity contribution in [3.8, 4) is 0 Å². The number of imide groups is 1. The van der Waals surface area contributed by atoms with Crippen LogP contribution in [0.25, 0.3) is 11.0 Å². The van der Waals surface area contributed by atoms with Gasteiger partial charge in [-0.1, -0.05) is 6.07 Å². The minimum atomic E-state index is -4.63. The Hall–Kier alpha value is -4.69. The number of fused-ring (bicyclic) bond motifs is 1. The number of hydrogen-bond acceptors (Lipinski definition) is 11. The Balaban J connectivity index is 0.764. The van der Waals surface area contributed by atoms with E-state index >= 15 is 0 Å². The number of ether oxygens (including phenoxy) is 1. The Labute approximate surface area is 376 Å². The zero-order valence-electron chi connectivity index (χ0n) is 37.1. The van der Waals surface area contributed by atoms with Crippen LogP contribution in [-0.4, -0.2) is 93.8 Å². The minimum Gasteiger partial charge on any atom is -0.390 e. The number of rotatable bonds is 13. The molecule has 4 fully saturated rings. The molecule has 4 aliphatic rings. The van der Waals surface area contributed by atoms with Gasteiger partial charge in [-0.2, -0.15) is 13.2 Å². The molecule has 2 aliphatic heterocycles. The molecular formula is C46H59F3N8O7S. The Morgan fingerprint density at radius 1 is 0.938 bits per heavy atom. The van der Waals surface area contributed by atoms with Gasteiger partial charge in [-0.25, -0.2) is 27.9 Å². The lowest BCUT2D eigenvalue weighted by molar-refractivity contribution is -0.139. The first kappa shape index (κ1) is 46.8. The topological polar surface area (TPSA) is 190 Å². The minimum absolute atomic E-state index is 0.0288. The van der Waals surface area contributed by atoms with Crippen molar-refractivity contribution < 1.29 is 41.0 Å². The third-order valence-corrected chi connectivity index (χ3v) is 15.5. The second kappa shape index (κ2) is 18.9. The number of hydrogen-bond donors (Lipinski definition) is 4. The number of aromatic nitrogens is 4. The molecule has 2 saturated heterocycles. The average Bonchev–Trinajstić information content (AvgIpc) is 3.51. The molecule has 0 radical (unpaired) electrons. The van der Waals surface area contributed by atoms with Gasteiger partial charge in [-0.05, 0) is 151 Å². The van der Waals surface area contributed by atoms with Crippen molar-refractivity contribution in [2.45, 2.75) is 132 Å². The number of alkyl halides is 3. The number of nitrogens with one attached hydrogen (secondary N) is 3. The van der Waals surface area contributed by atoms with Gasteiger partial charge in [0, 0.05) is 44.4 Å². The van der Waals surface area contributed by atoms with E-state index in [0.29, 0.717) is 60.7 Å². The maximum atomic E-state index is 13.9. The molecule has 2 amide bonds. The molecule has 8 rings (SSSR count). The van der Waals surface area contributed by atoms with Gasteiger partial charge in [0.05, 0.1) is 45.5 Å². The van der Waals surface area contributed by atoms with Crippen LogP contribution in [0.4, 0.5) is 24.8 Å². The predicted molar refractivity (Wildman–Crippen MR) is 237 cm³/mol. The van der Waals surface area contributed by atoms with E-state index in [0.717, 1.165) is 69.9 Å². The molecule has 0 spiro atoms. The molecule has 2 aliphatic carbocycles. The van der Waals surface area contributed by atoms with Crippen LogP contribution in [0.1, 0.15) is 124 Å². The van der Waals surface area contributed by atoms with Crippen molar-refractivity contribution in [2.75, 3.05) is 38.1 Å². The second-order valence-corrected chi connectivity index (χ2v) is 20.5. The molecule has 4 N–H and O–H groups in total. The summed E-state index contributed by atoms with van der Waals surface area (Å²) in [7, 11) is -2.15. The maximum Gasteiger partial charge on any atom is 0.419 e. The zero-order chi connectivity index (χ0) is 46.3. The summed E-state index contributed by atoms with van der Waals surface area (Å²) in [5, 5.41) is 15.7. The summed E-state index contributed by atoms with van der Waals surface area (Å²) in [6.07, 6.45) is 4.07. The van der Waals surface area contributed by atoms with Crippen LogP contribution >= 0.6 is 0 Å². The largest absolute Gasteiger partial charge is 0.419 e. The van der Waals surface area contributed by atoms with E-state index in [4.69, 9.17) is 4.74 Å². The van der Waals surface area contributed by atoms with Crippen LogP contribution in [0.2, 0.25) is 0 Å². The van der Waals surface area contributed by atoms with Crippen molar-refractivity contribution in [1.82, 2.24) is 34.0 Å². The van der Waals surface area contributed by atoms with E-state index < -0.39 is 45.2 Å². The van der Waals surface area contributed by atoms with Crippen LogP contribution in [0.3, 0.4) is 0 Å². The van der Waals surface area contributed by atoms with E-state index in [9.17, 15) is 41.1 Å². The number of carbonyl (C=O) groups excluding carboxylic acids is 2. The first-order chi connectivity index (χ1) is 30.8. The van der Waals surface area contributed by atoms with Gasteiger partial charge in [0.15, 0.2) is 0 Å². The number of aryl methyl sites for hydroxylation is 2. The molecule has 352 valence electrons. The Bertz CT molecular complexity index is 2570. The highest BCUT2D eigenvalue weighted by atomic mass is 32.2. The second-order valence-electron chi connectivity index (χ2n) is 18.8. The van der Waals surface area contributed by atoms with E-state index in [2.05, 4.69) is 42.4 Å². The van der Waals surface area contributed by atoms with Crippen molar-refractivity contribution in [3.63, 3.8) is 0 Å². The molecule has 1 unspecified atom stereocenters. The van der Waals surface area contributed by atoms with E-state index in [1.54, 1.807) is 25.5 Å². The summed E-state index contributed by atoms with van der Waals surface area (Å²) < 4.78 is 80.0. The van der Waals surface area contributed by atoms with Crippen molar-refractivity contribution >= 4 is 44.5 Å². The van der Waals surface area contributed by atoms with Gasteiger partial charge in [0.1, 0.15) is 6.04 Å². The van der Waals surface area contributed by atoms with E-state index in [-0.39, 0.29) is 53.8 Å². The van der Waals surface area contributed by atoms with Crippen LogP contribution < -0.4 is 21.0 Å². The summed E-state index contributed by atoms with van der Waals surface area (Å²) in [4.78, 5) is 48.3. The van der Waals surface area contributed by atoms with Crippen molar-refractivity contribution in [2.24, 2.45) is 13.0 Å². The number of likely N-dealkylation sites (tertiary alicyclic amines) is 1. The Morgan fingerprint density at radius 3 is 2.34 bits per heavy atom. The fraction of sp³-hybridized carbons (Fsp3) is 0.587. The van der Waals surface area contributed by atoms with Gasteiger partial charge in [0.2, 0.25) is 27.8 Å². The summed E-state index contributed by atoms with van der Waals surface area (Å²) in [5.74, 6) is -0.338. The number of piperidine rings is 2. The van der Waals surface area contributed by atoms with E-state index in [1.165, 1.54) is 28.3 Å². The molecule has 2 aromatic carbocycles. The van der Waals surface area contributed by atoms with E-state index in [1.807, 2.05) is 6.07 Å². The summed E-state index contributed by atoms with van der Waals surface area (Å²) in [6, 6.07) is 9.83. The molecule has 65 heavy (non-hydrogen) atoms. The van der Waals surface area contributed by atoms with Gasteiger partial charge in [-0.15, -0.1) is 0 Å². The van der Waals surface area contributed by atoms with Crippen LogP contribution in [-0.2, 0) is 37.6 Å². The number of anilines is 2. The number of benzene rings is 2. The number of carbonyl (C=O) groups is 2. The molecule has 4 aromatic rings. The van der Waals surface area contributed by atoms with Crippen molar-refractivity contribution in [1.29, 1.82) is 0 Å². The number of imidazole rings is 1. The number of sulfonamides is 1. The normalized spacial score (nSPS) is 25.2. The lowest BCUT2D eigenvalue weighted by atomic mass is 9.78. The molecule has 4 heterocycles. The van der Waals surface area contributed by atoms with Crippen LogP contribution in [0.5, 0.6) is 0 Å². The molecule has 2 saturated carbocycles. The number of halogens is 3. The number of nitrogens with zero attached hydrogens (tertiary/aromatic N) is 5. The lowest BCUT2D eigenvalue weighted by Gasteiger charge is -2.36. The smallest absolute Gasteiger partial charge is 0.390 e. The molecule has 2 aromatic heterocycles. The first-order valence-electron chi connectivity index (χ1n) is 22.8. The summed E-state index contributed by atoms with van der Waals surface area (Å²) in [5.41, 5.74) is 1.47. The Morgan fingerprint density at radius 2 is 1.66 bits per heavy atom. The monoisotopic (exact) mass is 924 g/mol. The average molecular weight is 925 g/mol. The molecule has 1 atom stereocenters. The third-order valence-electron chi connectivity index (χ3n) is 14.1. The molecule has 0 bridgehead atoms. The summed E-state index contributed by atoms with van der Waals surface area (Å²) >= 11 is 0. The molecule has 15 nitrogen and oxygen atoms in total. The van der Waals surface area contributed by atoms with Crippen molar-refractivity contribution in [3.05, 3.63) is 75.5 Å².